The molecule has 6 nitrogen and oxygen atoms in total. The third kappa shape index (κ3) is 3.08. The first-order valence-corrected chi connectivity index (χ1v) is 6.08. The van der Waals surface area contributed by atoms with E-state index in [9.17, 15) is 9.59 Å². The highest BCUT2D eigenvalue weighted by Crippen LogP contribution is 2.15. The van der Waals surface area contributed by atoms with Gasteiger partial charge in [-0.3, -0.25) is 9.59 Å². The van der Waals surface area contributed by atoms with Crippen molar-refractivity contribution in [2.45, 2.75) is 18.9 Å². The summed E-state index contributed by atoms with van der Waals surface area (Å²) in [6, 6.07) is 1.24. The van der Waals surface area contributed by atoms with Crippen LogP contribution in [0.5, 0.6) is 0 Å². The van der Waals surface area contributed by atoms with Crippen LogP contribution < -0.4 is 10.6 Å². The number of hydrogen-bond donors (Lipinski definition) is 2. The number of halogens is 2. The molecule has 0 radical (unpaired) electrons. The SMILES string of the molecule is O=C1CCC(NC(=O)c2cc(Cl)nnc2Cl)CN1. The molecule has 2 rings (SSSR count). The van der Waals surface area contributed by atoms with E-state index in [1.807, 2.05) is 0 Å². The van der Waals surface area contributed by atoms with Crippen LogP contribution in [-0.2, 0) is 4.79 Å². The van der Waals surface area contributed by atoms with Crippen molar-refractivity contribution in [1.82, 2.24) is 20.8 Å². The predicted octanol–water partition coefficient (Wildman–Crippen LogP) is 0.792. The van der Waals surface area contributed by atoms with E-state index < -0.39 is 0 Å². The van der Waals surface area contributed by atoms with Gasteiger partial charge in [-0.05, 0) is 12.5 Å². The molecule has 1 fully saturated rings. The summed E-state index contributed by atoms with van der Waals surface area (Å²) in [5.41, 5.74) is 0.175. The topological polar surface area (TPSA) is 84.0 Å². The Hall–Kier alpha value is -1.40. The Morgan fingerprint density at radius 3 is 2.89 bits per heavy atom. The predicted molar refractivity (Wildman–Crippen MR) is 65.5 cm³/mol. The molecule has 2 amide bonds. The summed E-state index contributed by atoms with van der Waals surface area (Å²) >= 11 is 11.4. The second kappa shape index (κ2) is 5.49. The number of carbonyl (C=O) groups excluding carboxylic acids is 2. The number of hydrogen-bond acceptors (Lipinski definition) is 4. The molecule has 1 aliphatic rings. The molecular formula is C10H10Cl2N4O2. The third-order valence-electron chi connectivity index (χ3n) is 2.56. The van der Waals surface area contributed by atoms with E-state index in [2.05, 4.69) is 20.8 Å². The van der Waals surface area contributed by atoms with Crippen LogP contribution in [0.4, 0.5) is 0 Å². The minimum atomic E-state index is -0.377. The summed E-state index contributed by atoms with van der Waals surface area (Å²) in [6.45, 7) is 0.411. The Bertz CT molecular complexity index is 485. The van der Waals surface area contributed by atoms with Gasteiger partial charge in [0.2, 0.25) is 5.91 Å². The first kappa shape index (κ1) is 13.0. The Morgan fingerprint density at radius 2 is 2.22 bits per heavy atom. The zero-order chi connectivity index (χ0) is 13.1. The van der Waals surface area contributed by atoms with Gasteiger partial charge in [-0.2, -0.15) is 0 Å². The number of piperidine rings is 1. The highest BCUT2D eigenvalue weighted by atomic mass is 35.5. The van der Waals surface area contributed by atoms with E-state index in [1.165, 1.54) is 6.07 Å². The van der Waals surface area contributed by atoms with Crippen molar-refractivity contribution in [3.05, 3.63) is 21.9 Å². The van der Waals surface area contributed by atoms with Gasteiger partial charge in [-0.25, -0.2) is 0 Å². The summed E-state index contributed by atoms with van der Waals surface area (Å²) in [7, 11) is 0. The van der Waals surface area contributed by atoms with Gasteiger partial charge in [0.15, 0.2) is 10.3 Å². The quantitative estimate of drug-likeness (QED) is 0.843. The lowest BCUT2D eigenvalue weighted by molar-refractivity contribution is -0.122. The largest absolute Gasteiger partial charge is 0.354 e. The van der Waals surface area contributed by atoms with Crippen LogP contribution in [0.15, 0.2) is 6.07 Å². The van der Waals surface area contributed by atoms with E-state index in [-0.39, 0.29) is 33.7 Å². The van der Waals surface area contributed by atoms with Gasteiger partial charge in [0, 0.05) is 19.0 Å². The molecule has 0 aliphatic carbocycles. The van der Waals surface area contributed by atoms with E-state index in [4.69, 9.17) is 23.2 Å². The van der Waals surface area contributed by atoms with Crippen molar-refractivity contribution >= 4 is 35.0 Å². The lowest BCUT2D eigenvalue weighted by Gasteiger charge is -2.23. The molecule has 96 valence electrons. The molecule has 18 heavy (non-hydrogen) atoms. The molecule has 0 aromatic carbocycles. The molecule has 1 aliphatic heterocycles. The summed E-state index contributed by atoms with van der Waals surface area (Å²) < 4.78 is 0. The first-order valence-electron chi connectivity index (χ1n) is 5.32. The van der Waals surface area contributed by atoms with E-state index in [1.54, 1.807) is 0 Å². The second-order valence-corrected chi connectivity index (χ2v) is 4.63. The number of nitrogens with zero attached hydrogens (tertiary/aromatic N) is 2. The maximum absolute atomic E-state index is 11.9. The molecule has 1 aromatic rings. The number of carbonyl (C=O) groups is 2. The third-order valence-corrected chi connectivity index (χ3v) is 3.03. The molecule has 1 atom stereocenters. The van der Waals surface area contributed by atoms with Crippen molar-refractivity contribution in [3.8, 4) is 0 Å². The summed E-state index contributed by atoms with van der Waals surface area (Å²) in [4.78, 5) is 22.9. The van der Waals surface area contributed by atoms with Crippen molar-refractivity contribution < 1.29 is 9.59 Å². The summed E-state index contributed by atoms with van der Waals surface area (Å²) in [6.07, 6.45) is 0.996. The Kier molecular flexibility index (Phi) is 3.98. The zero-order valence-electron chi connectivity index (χ0n) is 9.24. The number of amides is 2. The second-order valence-electron chi connectivity index (χ2n) is 3.88. The molecule has 0 spiro atoms. The average molecular weight is 289 g/mol. The molecule has 1 aromatic heterocycles. The number of nitrogens with one attached hydrogen (secondary N) is 2. The number of aromatic nitrogens is 2. The maximum Gasteiger partial charge on any atom is 0.254 e. The van der Waals surface area contributed by atoms with E-state index in [0.29, 0.717) is 19.4 Å². The van der Waals surface area contributed by atoms with E-state index >= 15 is 0 Å². The lowest BCUT2D eigenvalue weighted by atomic mass is 10.1. The smallest absolute Gasteiger partial charge is 0.254 e. The molecule has 1 unspecified atom stereocenters. The summed E-state index contributed by atoms with van der Waals surface area (Å²) in [5, 5.41) is 12.6. The molecule has 8 heteroatoms. The van der Waals surface area contributed by atoms with E-state index in [0.717, 1.165) is 0 Å². The van der Waals surface area contributed by atoms with Crippen LogP contribution in [0.1, 0.15) is 23.2 Å². The van der Waals surface area contributed by atoms with Gasteiger partial charge in [0.25, 0.3) is 5.91 Å². The van der Waals surface area contributed by atoms with Crippen molar-refractivity contribution in [3.63, 3.8) is 0 Å². The highest BCUT2D eigenvalue weighted by molar-refractivity contribution is 6.34. The molecule has 0 bridgehead atoms. The molecule has 2 N–H and O–H groups in total. The molecule has 2 heterocycles. The van der Waals surface area contributed by atoms with Gasteiger partial charge in [0.05, 0.1) is 5.56 Å². The van der Waals surface area contributed by atoms with Crippen molar-refractivity contribution in [1.29, 1.82) is 0 Å². The van der Waals surface area contributed by atoms with Crippen LogP contribution in [0.2, 0.25) is 10.3 Å². The van der Waals surface area contributed by atoms with Crippen LogP contribution in [-0.4, -0.2) is 34.6 Å². The van der Waals surface area contributed by atoms with Crippen molar-refractivity contribution in [2.24, 2.45) is 0 Å². The molecule has 1 saturated heterocycles. The molecule has 0 saturated carbocycles. The number of rotatable bonds is 2. The fraction of sp³-hybridized carbons (Fsp3) is 0.400. The van der Waals surface area contributed by atoms with Crippen LogP contribution >= 0.6 is 23.2 Å². The standard InChI is InChI=1S/C10H10Cl2N4O2/c11-7-3-6(9(12)16-15-7)10(18)14-5-1-2-8(17)13-4-5/h3,5H,1-2,4H2,(H,13,17)(H,14,18). The monoisotopic (exact) mass is 288 g/mol. The lowest BCUT2D eigenvalue weighted by Crippen LogP contribution is -2.47. The van der Waals surface area contributed by atoms with Gasteiger partial charge in [0.1, 0.15) is 0 Å². The average Bonchev–Trinajstić information content (AvgIpc) is 2.35. The van der Waals surface area contributed by atoms with Gasteiger partial charge >= 0.3 is 0 Å². The van der Waals surface area contributed by atoms with Crippen molar-refractivity contribution in [2.75, 3.05) is 6.54 Å². The minimum Gasteiger partial charge on any atom is -0.354 e. The summed E-state index contributed by atoms with van der Waals surface area (Å²) in [5.74, 6) is -0.384. The Labute approximate surface area is 113 Å². The fourth-order valence-corrected chi connectivity index (χ4v) is 1.96. The Balaban J connectivity index is 2.03. The Morgan fingerprint density at radius 1 is 1.44 bits per heavy atom. The maximum atomic E-state index is 11.9. The van der Waals surface area contributed by atoms with Gasteiger partial charge in [-0.15, -0.1) is 10.2 Å². The first-order chi connectivity index (χ1) is 8.56. The van der Waals surface area contributed by atoms with Crippen LogP contribution in [0, 0.1) is 0 Å². The van der Waals surface area contributed by atoms with Crippen LogP contribution in [0.3, 0.4) is 0 Å². The molecular weight excluding hydrogens is 279 g/mol. The highest BCUT2D eigenvalue weighted by Gasteiger charge is 2.21. The minimum absolute atomic E-state index is 0.00301. The normalized spacial score (nSPS) is 19.2. The van der Waals surface area contributed by atoms with Gasteiger partial charge in [-0.1, -0.05) is 23.2 Å². The van der Waals surface area contributed by atoms with Gasteiger partial charge < -0.3 is 10.6 Å². The zero-order valence-corrected chi connectivity index (χ0v) is 10.8. The van der Waals surface area contributed by atoms with Crippen LogP contribution in [0.25, 0.3) is 0 Å². The fourth-order valence-electron chi connectivity index (χ4n) is 1.63.